The Hall–Kier alpha value is 0.759. The van der Waals surface area contributed by atoms with E-state index in [0.29, 0.717) is 6.04 Å². The molecule has 0 aliphatic heterocycles. The quantitative estimate of drug-likeness (QED) is 0.565. The summed E-state index contributed by atoms with van der Waals surface area (Å²) in [6.45, 7) is 4.41. The van der Waals surface area contributed by atoms with E-state index in [9.17, 15) is 0 Å². The molecule has 0 fully saturated rings. The van der Waals surface area contributed by atoms with Gasteiger partial charge in [-0.2, -0.15) is 0 Å². The van der Waals surface area contributed by atoms with Gasteiger partial charge in [0.1, 0.15) is 0 Å². The van der Waals surface area contributed by atoms with Crippen LogP contribution in [-0.2, 0) is 0 Å². The van der Waals surface area contributed by atoms with Crippen LogP contribution >= 0.6 is 0 Å². The Bertz CT molecular complexity index is 64.3. The Morgan fingerprint density at radius 1 is 1.40 bits per heavy atom. The number of rotatable bonds is 6. The van der Waals surface area contributed by atoms with Gasteiger partial charge >= 0.3 is 74.9 Å². The van der Waals surface area contributed by atoms with Crippen LogP contribution in [-0.4, -0.2) is 27.2 Å². The third kappa shape index (κ3) is 8.76. The van der Waals surface area contributed by atoms with E-state index >= 15 is 0 Å². The van der Waals surface area contributed by atoms with Crippen LogP contribution in [0, 0.1) is 0 Å². The van der Waals surface area contributed by atoms with Gasteiger partial charge in [0.25, 0.3) is 0 Å². The molecule has 2 heteroatoms. The molecule has 0 bridgehead atoms. The molecule has 0 spiro atoms. The summed E-state index contributed by atoms with van der Waals surface area (Å²) in [5.41, 5.74) is 5.62. The van der Waals surface area contributed by atoms with Crippen molar-refractivity contribution in [2.24, 2.45) is 5.73 Å². The zero-order valence-electron chi connectivity index (χ0n) is 7.19. The van der Waals surface area contributed by atoms with E-state index in [2.05, 4.69) is 13.8 Å². The molecule has 0 heterocycles. The molecule has 0 aromatic rings. The molecule has 0 aliphatic rings. The van der Waals surface area contributed by atoms with Gasteiger partial charge in [-0.25, -0.2) is 0 Å². The van der Waals surface area contributed by atoms with Crippen molar-refractivity contribution in [2.45, 2.75) is 48.0 Å². The topological polar surface area (TPSA) is 26.0 Å². The summed E-state index contributed by atoms with van der Waals surface area (Å²) >= 11 is 0.100. The maximum absolute atomic E-state index is 5.62. The van der Waals surface area contributed by atoms with Crippen LogP contribution in [0.15, 0.2) is 0 Å². The Morgan fingerprint density at radius 2 is 2.10 bits per heavy atom. The molecule has 0 saturated carbocycles. The van der Waals surface area contributed by atoms with Gasteiger partial charge < -0.3 is 0 Å². The second kappa shape index (κ2) is 7.86. The van der Waals surface area contributed by atoms with Gasteiger partial charge in [0.2, 0.25) is 0 Å². The Kier molecular flexibility index (Phi) is 8.46. The molecule has 0 rings (SSSR count). The van der Waals surface area contributed by atoms with Crippen LogP contribution in [0.5, 0.6) is 0 Å². The molecule has 0 radical (unpaired) electrons. The van der Waals surface area contributed by atoms with Gasteiger partial charge in [0.15, 0.2) is 0 Å². The van der Waals surface area contributed by atoms with Crippen LogP contribution in [0.2, 0.25) is 8.87 Å². The van der Waals surface area contributed by atoms with Gasteiger partial charge in [-0.3, -0.25) is 0 Å². The van der Waals surface area contributed by atoms with Crippen molar-refractivity contribution in [3.8, 4) is 0 Å². The number of hydrogen-bond donors (Lipinski definition) is 1. The average Bonchev–Trinajstić information content (AvgIpc) is 1.87. The predicted molar refractivity (Wildman–Crippen MR) is 48.5 cm³/mol. The molecule has 1 atom stereocenters. The molecule has 10 heavy (non-hydrogen) atoms. The van der Waals surface area contributed by atoms with E-state index < -0.39 is 0 Å². The first-order chi connectivity index (χ1) is 4.77. The maximum atomic E-state index is 5.62. The number of hydrogen-bond acceptors (Lipinski definition) is 1. The first-order valence-electron chi connectivity index (χ1n) is 4.23. The van der Waals surface area contributed by atoms with Crippen molar-refractivity contribution >= 4 is 21.1 Å². The summed E-state index contributed by atoms with van der Waals surface area (Å²) in [5.74, 6) is 0. The zero-order valence-corrected chi connectivity index (χ0v) is 10.0. The molecule has 0 amide bonds. The fourth-order valence-corrected chi connectivity index (χ4v) is 3.33. The second-order valence-corrected chi connectivity index (χ2v) is 7.70. The first kappa shape index (κ1) is 10.8. The normalized spacial score (nSPS) is 12.7. The van der Waals surface area contributed by atoms with Gasteiger partial charge in [0, 0.05) is 0 Å². The van der Waals surface area contributed by atoms with E-state index in [1.54, 1.807) is 4.44 Å². The van der Waals surface area contributed by atoms with Crippen LogP contribution in [0.1, 0.15) is 33.1 Å². The molecule has 58 valence electrons. The van der Waals surface area contributed by atoms with Gasteiger partial charge in [-0.1, -0.05) is 0 Å². The summed E-state index contributed by atoms with van der Waals surface area (Å²) in [5, 5.41) is 0. The van der Waals surface area contributed by atoms with Crippen molar-refractivity contribution in [2.75, 3.05) is 0 Å². The third-order valence-electron chi connectivity index (χ3n) is 1.51. The third-order valence-corrected chi connectivity index (χ3v) is 4.96. The van der Waals surface area contributed by atoms with Crippen LogP contribution < -0.4 is 5.73 Å². The Labute approximate surface area is 75.0 Å². The van der Waals surface area contributed by atoms with Gasteiger partial charge in [-0.05, 0) is 0 Å². The summed E-state index contributed by atoms with van der Waals surface area (Å²) in [7, 11) is 0. The standard InChI is InChI=1S/C6H14N.C2H5.Sn/c1-3-4-5-6(2)7;1-2;/h6H,1,3-5,7H2,2H3;1H2,2H3;/q;;+2. The SMILES string of the molecule is C[CH2][Sn+2][CH2]CCCC(C)N. The van der Waals surface area contributed by atoms with E-state index in [4.69, 9.17) is 5.73 Å². The molecular weight excluding hydrogens is 229 g/mol. The fourth-order valence-electron chi connectivity index (χ4n) is 0.893. The van der Waals surface area contributed by atoms with Crippen LogP contribution in [0.4, 0.5) is 0 Å². The second-order valence-electron chi connectivity index (χ2n) is 2.83. The van der Waals surface area contributed by atoms with Gasteiger partial charge in [-0.15, -0.1) is 0 Å². The van der Waals surface area contributed by atoms with Crippen molar-refractivity contribution < 1.29 is 0 Å². The van der Waals surface area contributed by atoms with Crippen molar-refractivity contribution in [1.29, 1.82) is 0 Å². The van der Waals surface area contributed by atoms with Gasteiger partial charge in [0.05, 0.1) is 0 Å². The van der Waals surface area contributed by atoms with E-state index in [0.717, 1.165) is 0 Å². The Morgan fingerprint density at radius 3 is 2.60 bits per heavy atom. The number of nitrogens with two attached hydrogens (primary N) is 1. The minimum absolute atomic E-state index is 0.100. The van der Waals surface area contributed by atoms with Crippen LogP contribution in [0.3, 0.4) is 0 Å². The molecule has 0 aromatic heterocycles. The fraction of sp³-hybridized carbons (Fsp3) is 1.00. The van der Waals surface area contributed by atoms with Crippen molar-refractivity contribution in [3.05, 3.63) is 0 Å². The molecule has 1 nitrogen and oxygen atoms in total. The molecule has 1 unspecified atom stereocenters. The molecule has 2 N–H and O–H groups in total. The average molecular weight is 248 g/mol. The molecule has 0 aliphatic carbocycles. The Balaban J connectivity index is 2.77. The van der Waals surface area contributed by atoms with Crippen molar-refractivity contribution in [3.63, 3.8) is 0 Å². The monoisotopic (exact) mass is 249 g/mol. The van der Waals surface area contributed by atoms with Crippen molar-refractivity contribution in [1.82, 2.24) is 0 Å². The summed E-state index contributed by atoms with van der Waals surface area (Å²) in [6, 6.07) is 0.423. The summed E-state index contributed by atoms with van der Waals surface area (Å²) in [6.07, 6.45) is 4.03. The molecule has 0 aromatic carbocycles. The molecule has 0 saturated heterocycles. The minimum atomic E-state index is 0.100. The zero-order chi connectivity index (χ0) is 7.82. The van der Waals surface area contributed by atoms with E-state index in [1.165, 1.54) is 23.7 Å². The summed E-state index contributed by atoms with van der Waals surface area (Å²) < 4.78 is 3.06. The van der Waals surface area contributed by atoms with Crippen LogP contribution in [0.25, 0.3) is 0 Å². The summed E-state index contributed by atoms with van der Waals surface area (Å²) in [4.78, 5) is 0. The predicted octanol–water partition coefficient (Wildman–Crippen LogP) is 2.06. The molecular formula is C8H19NSn+2. The van der Waals surface area contributed by atoms with E-state index in [-0.39, 0.29) is 21.1 Å². The number of unbranched alkanes of at least 4 members (excludes halogenated alkanes) is 1. The first-order valence-corrected chi connectivity index (χ1v) is 8.27. The van der Waals surface area contributed by atoms with E-state index in [1.807, 2.05) is 0 Å².